The Balaban J connectivity index is 4.50. The molecule has 66 valence electrons. The van der Waals surface area contributed by atoms with Crippen molar-refractivity contribution < 1.29 is 0 Å². The maximum absolute atomic E-state index is 4.53. The number of thioether (sulfide) groups is 1. The first-order valence-electron chi connectivity index (χ1n) is 3.36. The SMILES string of the molecule is C=P(C)(C)/N=C(\SC)N(C)C. The molecule has 0 aliphatic carbocycles. The van der Waals surface area contributed by atoms with Gasteiger partial charge in [-0.1, -0.05) is 18.1 Å². The molecule has 11 heavy (non-hydrogen) atoms. The van der Waals surface area contributed by atoms with Crippen LogP contribution < -0.4 is 0 Å². The highest BCUT2D eigenvalue weighted by molar-refractivity contribution is 8.13. The molecule has 0 saturated carbocycles. The molecule has 0 unspecified atom stereocenters. The van der Waals surface area contributed by atoms with E-state index in [0.29, 0.717) is 0 Å². The predicted molar refractivity (Wildman–Crippen MR) is 60.5 cm³/mol. The Hall–Kier alpha value is 0.120. The van der Waals surface area contributed by atoms with Gasteiger partial charge in [0, 0.05) is 14.1 Å². The van der Waals surface area contributed by atoms with Crippen molar-refractivity contribution in [2.75, 3.05) is 33.7 Å². The Morgan fingerprint density at radius 2 is 1.91 bits per heavy atom. The zero-order chi connectivity index (χ0) is 9.07. The molecule has 0 rings (SSSR count). The van der Waals surface area contributed by atoms with Crippen LogP contribution in [0.15, 0.2) is 4.76 Å². The van der Waals surface area contributed by atoms with Crippen molar-refractivity contribution in [3.8, 4) is 0 Å². The molecule has 0 N–H and O–H groups in total. The standard InChI is InChI=1S/C7H17N2PS/c1-9(2)7(11-6)8-10(3,4)5/h3H2,1-2,4-6H3/b8-7-. The fourth-order valence-corrected chi connectivity index (χ4v) is 2.54. The van der Waals surface area contributed by atoms with Crippen molar-refractivity contribution in [2.45, 2.75) is 0 Å². The van der Waals surface area contributed by atoms with Crippen molar-refractivity contribution in [1.82, 2.24) is 4.90 Å². The number of rotatable bonds is 1. The van der Waals surface area contributed by atoms with Crippen molar-refractivity contribution in [3.63, 3.8) is 0 Å². The molecule has 0 radical (unpaired) electrons. The second-order valence-electron chi connectivity index (χ2n) is 3.10. The van der Waals surface area contributed by atoms with Crippen LogP contribution in [-0.4, -0.2) is 50.0 Å². The monoisotopic (exact) mass is 192 g/mol. The van der Waals surface area contributed by atoms with E-state index in [1.807, 2.05) is 25.3 Å². The lowest BCUT2D eigenvalue weighted by Gasteiger charge is -2.16. The highest BCUT2D eigenvalue weighted by Gasteiger charge is 2.02. The predicted octanol–water partition coefficient (Wildman–Crippen LogP) is 1.89. The fraction of sp³-hybridized carbons (Fsp3) is 0.714. The van der Waals surface area contributed by atoms with Crippen molar-refractivity contribution in [2.24, 2.45) is 4.76 Å². The molecule has 0 amide bonds. The van der Waals surface area contributed by atoms with E-state index in [9.17, 15) is 0 Å². The molecule has 0 aromatic rings. The van der Waals surface area contributed by atoms with Crippen LogP contribution in [0.2, 0.25) is 0 Å². The lowest BCUT2D eigenvalue weighted by atomic mass is 10.9. The van der Waals surface area contributed by atoms with Gasteiger partial charge in [-0.25, -0.2) is 4.76 Å². The van der Waals surface area contributed by atoms with E-state index in [0.717, 1.165) is 5.17 Å². The lowest BCUT2D eigenvalue weighted by molar-refractivity contribution is 0.638. The molecule has 0 aromatic heterocycles. The maximum atomic E-state index is 4.53. The third kappa shape index (κ3) is 5.40. The first-order chi connectivity index (χ1) is 4.87. The van der Waals surface area contributed by atoms with Gasteiger partial charge in [-0.2, -0.15) is 0 Å². The third-order valence-corrected chi connectivity index (χ3v) is 2.61. The molecular weight excluding hydrogens is 175 g/mol. The van der Waals surface area contributed by atoms with E-state index in [1.54, 1.807) is 11.8 Å². The quantitative estimate of drug-likeness (QED) is 0.358. The van der Waals surface area contributed by atoms with Crippen molar-refractivity contribution in [1.29, 1.82) is 0 Å². The van der Waals surface area contributed by atoms with Crippen LogP contribution in [0.25, 0.3) is 0 Å². The molecule has 0 bridgehead atoms. The number of hydrogen-bond acceptors (Lipinski definition) is 2. The summed E-state index contributed by atoms with van der Waals surface area (Å²) < 4.78 is 4.53. The summed E-state index contributed by atoms with van der Waals surface area (Å²) >= 11 is 1.67. The fourth-order valence-electron chi connectivity index (χ4n) is 0.544. The van der Waals surface area contributed by atoms with Crippen LogP contribution in [0.1, 0.15) is 0 Å². The normalized spacial score (nSPS) is 13.4. The van der Waals surface area contributed by atoms with Crippen molar-refractivity contribution in [3.05, 3.63) is 0 Å². The van der Waals surface area contributed by atoms with E-state index in [4.69, 9.17) is 0 Å². The van der Waals surface area contributed by atoms with Gasteiger partial charge in [-0.15, -0.1) is 0 Å². The Labute approximate surface area is 74.1 Å². The van der Waals surface area contributed by atoms with E-state index >= 15 is 0 Å². The third-order valence-electron chi connectivity index (χ3n) is 0.921. The first kappa shape index (κ1) is 11.1. The van der Waals surface area contributed by atoms with Gasteiger partial charge in [0.25, 0.3) is 0 Å². The molecular formula is C7H17N2PS. The molecule has 0 atom stereocenters. The smallest absolute Gasteiger partial charge is 0.161 e. The second-order valence-corrected chi connectivity index (χ2v) is 7.32. The molecule has 4 heteroatoms. The zero-order valence-corrected chi connectivity index (χ0v) is 9.67. The van der Waals surface area contributed by atoms with Crippen LogP contribution in [-0.2, 0) is 0 Å². The number of amidine groups is 1. The van der Waals surface area contributed by atoms with E-state index in [1.165, 1.54) is 0 Å². The Morgan fingerprint density at radius 3 is 2.00 bits per heavy atom. The van der Waals surface area contributed by atoms with Gasteiger partial charge in [0.2, 0.25) is 0 Å². The highest BCUT2D eigenvalue weighted by Crippen LogP contribution is 2.38. The van der Waals surface area contributed by atoms with Gasteiger partial charge >= 0.3 is 0 Å². The minimum absolute atomic E-state index is 1.07. The van der Waals surface area contributed by atoms with Crippen LogP contribution in [0.5, 0.6) is 0 Å². The number of hydrogen-bond donors (Lipinski definition) is 0. The van der Waals surface area contributed by atoms with Crippen LogP contribution in [0, 0.1) is 0 Å². The second kappa shape index (κ2) is 4.22. The summed E-state index contributed by atoms with van der Waals surface area (Å²) in [4.78, 5) is 2.03. The Kier molecular flexibility index (Phi) is 4.27. The topological polar surface area (TPSA) is 15.6 Å². The minimum Gasteiger partial charge on any atom is -0.357 e. The maximum Gasteiger partial charge on any atom is 0.161 e. The molecule has 0 aliphatic heterocycles. The molecule has 0 aromatic carbocycles. The summed E-state index contributed by atoms with van der Waals surface area (Å²) in [7, 11) is 2.74. The Bertz CT molecular complexity index is 193. The summed E-state index contributed by atoms with van der Waals surface area (Å²) in [5.41, 5.74) is 0. The average Bonchev–Trinajstić information content (AvgIpc) is 1.80. The lowest BCUT2D eigenvalue weighted by Crippen LogP contribution is -2.17. The van der Waals surface area contributed by atoms with E-state index in [-0.39, 0.29) is 0 Å². The molecule has 0 saturated heterocycles. The van der Waals surface area contributed by atoms with Gasteiger partial charge in [-0.3, -0.25) is 0 Å². The number of nitrogens with zero attached hydrogens (tertiary/aromatic N) is 2. The summed E-state index contributed by atoms with van der Waals surface area (Å²) in [6.07, 6.45) is 6.06. The van der Waals surface area contributed by atoms with Gasteiger partial charge in [0.05, 0.1) is 0 Å². The minimum atomic E-state index is -1.27. The first-order valence-corrected chi connectivity index (χ1v) is 7.41. The molecule has 0 spiro atoms. The summed E-state index contributed by atoms with van der Waals surface area (Å²) in [5.74, 6) is 0. The molecule has 2 nitrogen and oxygen atoms in total. The molecule has 0 fully saturated rings. The summed E-state index contributed by atoms with van der Waals surface area (Å²) in [5, 5.41) is 1.07. The van der Waals surface area contributed by atoms with Crippen LogP contribution >= 0.6 is 18.8 Å². The van der Waals surface area contributed by atoms with E-state index < -0.39 is 7.04 Å². The Morgan fingerprint density at radius 1 is 1.45 bits per heavy atom. The van der Waals surface area contributed by atoms with Crippen LogP contribution in [0.3, 0.4) is 0 Å². The van der Waals surface area contributed by atoms with Crippen molar-refractivity contribution >= 4 is 30.3 Å². The summed E-state index contributed by atoms with van der Waals surface area (Å²) in [6, 6.07) is 0. The van der Waals surface area contributed by atoms with Gasteiger partial charge in [0.15, 0.2) is 5.17 Å². The van der Waals surface area contributed by atoms with Gasteiger partial charge in [0.1, 0.15) is 0 Å². The zero-order valence-electron chi connectivity index (χ0n) is 7.96. The van der Waals surface area contributed by atoms with Gasteiger partial charge < -0.3 is 4.90 Å². The largest absolute Gasteiger partial charge is 0.357 e. The van der Waals surface area contributed by atoms with E-state index in [2.05, 4.69) is 24.4 Å². The molecule has 0 aliphatic rings. The van der Waals surface area contributed by atoms with Gasteiger partial charge in [-0.05, 0) is 26.6 Å². The summed E-state index contributed by atoms with van der Waals surface area (Å²) in [6.45, 7) is 4.21. The van der Waals surface area contributed by atoms with Crippen LogP contribution in [0.4, 0.5) is 0 Å². The molecule has 0 heterocycles. The average molecular weight is 192 g/mol. The highest BCUT2D eigenvalue weighted by atomic mass is 32.2.